The normalized spacial score (nSPS) is 15.2. The van der Waals surface area contributed by atoms with Crippen molar-refractivity contribution in [2.45, 2.75) is 45.7 Å². The lowest BCUT2D eigenvalue weighted by molar-refractivity contribution is -0.124. The van der Waals surface area contributed by atoms with E-state index in [1.165, 1.54) is 4.88 Å². The van der Waals surface area contributed by atoms with Crippen LogP contribution in [0.2, 0.25) is 0 Å². The number of primary amides is 1. The lowest BCUT2D eigenvalue weighted by Crippen LogP contribution is -2.53. The topological polar surface area (TPSA) is 84.2 Å². The smallest absolute Gasteiger partial charge is 0.312 e. The third-order valence-corrected chi connectivity index (χ3v) is 4.17. The minimum Gasteiger partial charge on any atom is -0.352 e. The molecule has 0 saturated carbocycles. The van der Waals surface area contributed by atoms with Gasteiger partial charge in [-0.3, -0.25) is 4.79 Å². The molecule has 0 aromatic carbocycles. The lowest BCUT2D eigenvalue weighted by atomic mass is 9.98. The summed E-state index contributed by atoms with van der Waals surface area (Å²) in [5.74, 6) is -0.140. The molecule has 0 saturated heterocycles. The summed E-state index contributed by atoms with van der Waals surface area (Å²) in [7, 11) is 0. The Balaban J connectivity index is 2.58. The summed E-state index contributed by atoms with van der Waals surface area (Å²) in [5, 5.41) is 7.47. The molecule has 6 heteroatoms. The number of nitrogens with two attached hydrogens (primary N) is 1. The minimum absolute atomic E-state index is 0.0161. The molecule has 3 atom stereocenters. The Labute approximate surface area is 123 Å². The Hall–Kier alpha value is -1.56. The molecule has 1 aromatic rings. The van der Waals surface area contributed by atoms with Gasteiger partial charge in [-0.15, -0.1) is 11.3 Å². The van der Waals surface area contributed by atoms with Gasteiger partial charge in [-0.05, 0) is 24.3 Å². The first kappa shape index (κ1) is 16.5. The summed E-state index contributed by atoms with van der Waals surface area (Å²) >= 11 is 1.67. The first-order valence-electron chi connectivity index (χ1n) is 6.82. The van der Waals surface area contributed by atoms with Crippen LogP contribution in [0.25, 0.3) is 0 Å². The fourth-order valence-corrected chi connectivity index (χ4v) is 2.80. The highest BCUT2D eigenvalue weighted by molar-refractivity contribution is 7.09. The van der Waals surface area contributed by atoms with Crippen LogP contribution in [0.3, 0.4) is 0 Å². The maximum absolute atomic E-state index is 12.2. The highest BCUT2D eigenvalue weighted by Crippen LogP contribution is 2.12. The summed E-state index contributed by atoms with van der Waals surface area (Å²) in [5.41, 5.74) is 5.14. The van der Waals surface area contributed by atoms with Crippen molar-refractivity contribution >= 4 is 23.3 Å². The molecule has 0 unspecified atom stereocenters. The number of hydrogen-bond donors (Lipinski definition) is 3. The highest BCUT2D eigenvalue weighted by Gasteiger charge is 2.26. The zero-order chi connectivity index (χ0) is 15.1. The van der Waals surface area contributed by atoms with Gasteiger partial charge in [0.25, 0.3) is 0 Å². The van der Waals surface area contributed by atoms with E-state index in [-0.39, 0.29) is 17.9 Å². The molecular weight excluding hydrogens is 274 g/mol. The molecule has 1 aromatic heterocycles. The molecule has 0 aliphatic carbocycles. The van der Waals surface area contributed by atoms with Gasteiger partial charge in [-0.25, -0.2) is 4.79 Å². The van der Waals surface area contributed by atoms with E-state index in [4.69, 9.17) is 5.73 Å². The van der Waals surface area contributed by atoms with E-state index in [1.807, 2.05) is 38.3 Å². The second kappa shape index (κ2) is 7.89. The number of amides is 3. The molecule has 4 N–H and O–H groups in total. The van der Waals surface area contributed by atoms with Gasteiger partial charge >= 0.3 is 6.03 Å². The van der Waals surface area contributed by atoms with E-state index in [9.17, 15) is 9.59 Å². The van der Waals surface area contributed by atoms with E-state index in [1.54, 1.807) is 11.3 Å². The summed E-state index contributed by atoms with van der Waals surface area (Å²) < 4.78 is 0. The van der Waals surface area contributed by atoms with Crippen molar-refractivity contribution in [3.8, 4) is 0 Å². The van der Waals surface area contributed by atoms with E-state index >= 15 is 0 Å². The molecule has 0 bridgehead atoms. The minimum atomic E-state index is -0.670. The van der Waals surface area contributed by atoms with Crippen molar-refractivity contribution in [1.82, 2.24) is 10.6 Å². The molecule has 20 heavy (non-hydrogen) atoms. The predicted molar refractivity (Wildman–Crippen MR) is 81.6 cm³/mol. The molecule has 1 heterocycles. The maximum atomic E-state index is 12.2. The fourth-order valence-electron chi connectivity index (χ4n) is 1.97. The first-order valence-corrected chi connectivity index (χ1v) is 7.70. The van der Waals surface area contributed by atoms with Crippen LogP contribution in [-0.4, -0.2) is 24.0 Å². The standard InChI is InChI=1S/C14H23N3O2S/c1-4-9(2)12(17-14(15)19)13(18)16-10(3)8-11-6-5-7-20-11/h5-7,9-10,12H,4,8H2,1-3H3,(H,16,18)(H3,15,17,19)/t9-,10-,12+/m0/s1. The van der Waals surface area contributed by atoms with E-state index in [0.717, 1.165) is 12.8 Å². The van der Waals surface area contributed by atoms with Crippen molar-refractivity contribution in [2.75, 3.05) is 0 Å². The van der Waals surface area contributed by atoms with E-state index in [0.29, 0.717) is 0 Å². The zero-order valence-electron chi connectivity index (χ0n) is 12.2. The quantitative estimate of drug-likeness (QED) is 0.718. The van der Waals surface area contributed by atoms with Gasteiger partial charge in [0.15, 0.2) is 0 Å². The van der Waals surface area contributed by atoms with Gasteiger partial charge in [0.05, 0.1) is 0 Å². The van der Waals surface area contributed by atoms with Crippen LogP contribution < -0.4 is 16.4 Å². The number of hydrogen-bond acceptors (Lipinski definition) is 3. The average molecular weight is 297 g/mol. The Bertz CT molecular complexity index is 434. The Morgan fingerprint density at radius 2 is 2.05 bits per heavy atom. The third-order valence-electron chi connectivity index (χ3n) is 3.27. The van der Waals surface area contributed by atoms with Crippen LogP contribution in [0.15, 0.2) is 17.5 Å². The Kier molecular flexibility index (Phi) is 6.51. The second-order valence-electron chi connectivity index (χ2n) is 5.06. The number of carbonyl (C=O) groups excluding carboxylic acids is 2. The Morgan fingerprint density at radius 1 is 1.35 bits per heavy atom. The van der Waals surface area contributed by atoms with Crippen molar-refractivity contribution < 1.29 is 9.59 Å². The van der Waals surface area contributed by atoms with Crippen molar-refractivity contribution in [2.24, 2.45) is 11.7 Å². The molecule has 0 spiro atoms. The maximum Gasteiger partial charge on any atom is 0.312 e. The zero-order valence-corrected chi connectivity index (χ0v) is 13.0. The summed E-state index contributed by atoms with van der Waals surface area (Å²) in [4.78, 5) is 24.5. The van der Waals surface area contributed by atoms with Crippen molar-refractivity contribution in [3.05, 3.63) is 22.4 Å². The molecule has 1 rings (SSSR count). The molecule has 0 aliphatic rings. The van der Waals surface area contributed by atoms with Crippen molar-refractivity contribution in [3.63, 3.8) is 0 Å². The van der Waals surface area contributed by atoms with Gasteiger partial charge in [0.2, 0.25) is 5.91 Å². The fraction of sp³-hybridized carbons (Fsp3) is 0.571. The third kappa shape index (κ3) is 5.21. The SMILES string of the molecule is CC[C@H](C)[C@@H](NC(N)=O)C(=O)N[C@@H](C)Cc1cccs1. The van der Waals surface area contributed by atoms with Crippen molar-refractivity contribution in [1.29, 1.82) is 0 Å². The largest absolute Gasteiger partial charge is 0.352 e. The van der Waals surface area contributed by atoms with Crippen LogP contribution in [0.4, 0.5) is 4.79 Å². The highest BCUT2D eigenvalue weighted by atomic mass is 32.1. The molecule has 3 amide bonds. The Morgan fingerprint density at radius 3 is 2.55 bits per heavy atom. The molecule has 0 radical (unpaired) electrons. The summed E-state index contributed by atoms with van der Waals surface area (Å²) in [6.07, 6.45) is 1.57. The van der Waals surface area contributed by atoms with Crippen LogP contribution >= 0.6 is 11.3 Å². The van der Waals surface area contributed by atoms with Crippen LogP contribution in [0, 0.1) is 5.92 Å². The lowest BCUT2D eigenvalue weighted by Gasteiger charge is -2.24. The molecular formula is C14H23N3O2S. The van der Waals surface area contributed by atoms with Gasteiger partial charge in [0.1, 0.15) is 6.04 Å². The predicted octanol–water partition coefficient (Wildman–Crippen LogP) is 1.88. The molecule has 0 fully saturated rings. The van der Waals surface area contributed by atoms with Crippen LogP contribution in [0.1, 0.15) is 32.1 Å². The van der Waals surface area contributed by atoms with Crippen LogP contribution in [0.5, 0.6) is 0 Å². The van der Waals surface area contributed by atoms with E-state index in [2.05, 4.69) is 10.6 Å². The van der Waals surface area contributed by atoms with Gasteiger partial charge in [0, 0.05) is 17.3 Å². The monoisotopic (exact) mass is 297 g/mol. The molecule has 5 nitrogen and oxygen atoms in total. The second-order valence-corrected chi connectivity index (χ2v) is 6.10. The van der Waals surface area contributed by atoms with Gasteiger partial charge < -0.3 is 16.4 Å². The van der Waals surface area contributed by atoms with Gasteiger partial charge in [-0.1, -0.05) is 26.3 Å². The summed E-state index contributed by atoms with van der Waals surface area (Å²) in [6.45, 7) is 5.85. The van der Waals surface area contributed by atoms with Gasteiger partial charge in [-0.2, -0.15) is 0 Å². The van der Waals surface area contributed by atoms with Crippen LogP contribution in [-0.2, 0) is 11.2 Å². The summed E-state index contributed by atoms with van der Waals surface area (Å²) in [6, 6.07) is 2.80. The number of nitrogens with one attached hydrogen (secondary N) is 2. The number of carbonyl (C=O) groups is 2. The molecule has 0 aliphatic heterocycles. The average Bonchev–Trinajstić information content (AvgIpc) is 2.87. The van der Waals surface area contributed by atoms with E-state index < -0.39 is 12.1 Å². The number of thiophene rings is 1. The first-order chi connectivity index (χ1) is 9.43. The molecule has 112 valence electrons. The number of urea groups is 1. The number of rotatable bonds is 7.